The minimum absolute atomic E-state index is 0.413. The van der Waals surface area contributed by atoms with Crippen LogP contribution in [0.1, 0.15) is 12.2 Å². The summed E-state index contributed by atoms with van der Waals surface area (Å²) in [6.07, 6.45) is 0.888. The number of nitrogens with zero attached hydrogens (tertiary/aromatic N) is 2. The number of fused-ring (bicyclic) bond motifs is 1. The lowest BCUT2D eigenvalue weighted by atomic mass is 10.3. The number of imidazole rings is 1. The van der Waals surface area contributed by atoms with Gasteiger partial charge in [-0.3, -0.25) is 0 Å². The number of hydrogen-bond acceptors (Lipinski definition) is 4. The number of methoxy groups -OCH3 is 1. The Morgan fingerprint density at radius 2 is 1.91 bits per heavy atom. The number of nitrogens with two attached hydrogens (primary N) is 1. The van der Waals surface area contributed by atoms with Crippen molar-refractivity contribution >= 4 is 11.0 Å². The van der Waals surface area contributed by atoms with Gasteiger partial charge in [-0.25, -0.2) is 4.98 Å². The summed E-state index contributed by atoms with van der Waals surface area (Å²) in [5, 5.41) is 0. The van der Waals surface area contributed by atoms with Gasteiger partial charge >= 0.3 is 0 Å². The first-order valence-corrected chi connectivity index (χ1v) is 7.73. The Balaban J connectivity index is 1.69. The van der Waals surface area contributed by atoms with E-state index in [0.717, 1.165) is 41.3 Å². The van der Waals surface area contributed by atoms with Crippen LogP contribution in [0.4, 0.5) is 0 Å². The van der Waals surface area contributed by atoms with Crippen LogP contribution in [0.25, 0.3) is 11.0 Å². The van der Waals surface area contributed by atoms with Crippen LogP contribution >= 0.6 is 0 Å². The molecule has 5 nitrogen and oxygen atoms in total. The third kappa shape index (κ3) is 3.46. The molecule has 0 saturated carbocycles. The molecule has 0 radical (unpaired) electrons. The van der Waals surface area contributed by atoms with Gasteiger partial charge in [-0.1, -0.05) is 18.2 Å². The number of aromatic nitrogens is 2. The van der Waals surface area contributed by atoms with Crippen molar-refractivity contribution in [3.63, 3.8) is 0 Å². The Morgan fingerprint density at radius 3 is 2.65 bits per heavy atom. The zero-order chi connectivity index (χ0) is 16.1. The second kappa shape index (κ2) is 7.15. The van der Waals surface area contributed by atoms with Crippen molar-refractivity contribution in [1.82, 2.24) is 9.55 Å². The van der Waals surface area contributed by atoms with Crippen LogP contribution in [0.3, 0.4) is 0 Å². The molecule has 0 aliphatic heterocycles. The summed E-state index contributed by atoms with van der Waals surface area (Å²) < 4.78 is 13.1. The van der Waals surface area contributed by atoms with Crippen molar-refractivity contribution < 1.29 is 9.47 Å². The average molecular weight is 311 g/mol. The van der Waals surface area contributed by atoms with Crippen LogP contribution in [0.15, 0.2) is 48.5 Å². The summed E-state index contributed by atoms with van der Waals surface area (Å²) in [5.74, 6) is 2.58. The first kappa shape index (κ1) is 15.4. The highest BCUT2D eigenvalue weighted by atomic mass is 16.5. The Hall–Kier alpha value is -2.53. The van der Waals surface area contributed by atoms with Crippen molar-refractivity contribution in [2.24, 2.45) is 5.73 Å². The lowest BCUT2D eigenvalue weighted by Crippen LogP contribution is -2.10. The molecule has 0 spiro atoms. The van der Waals surface area contributed by atoms with E-state index in [0.29, 0.717) is 13.2 Å². The SMILES string of the molecule is COc1ccc2c(c1)nc(CN)n2CCCOc1ccccc1. The molecule has 0 bridgehead atoms. The molecular formula is C18H21N3O2. The topological polar surface area (TPSA) is 62.3 Å². The van der Waals surface area contributed by atoms with Crippen molar-refractivity contribution in [2.45, 2.75) is 19.5 Å². The van der Waals surface area contributed by atoms with Crippen LogP contribution in [-0.4, -0.2) is 23.3 Å². The summed E-state index contributed by atoms with van der Waals surface area (Å²) in [4.78, 5) is 4.59. The lowest BCUT2D eigenvalue weighted by Gasteiger charge is -2.09. The van der Waals surface area contributed by atoms with Crippen LogP contribution < -0.4 is 15.2 Å². The second-order valence-corrected chi connectivity index (χ2v) is 5.25. The molecule has 2 aromatic carbocycles. The molecule has 23 heavy (non-hydrogen) atoms. The molecule has 2 N–H and O–H groups in total. The molecule has 3 rings (SSSR count). The van der Waals surface area contributed by atoms with E-state index in [9.17, 15) is 0 Å². The smallest absolute Gasteiger partial charge is 0.123 e. The van der Waals surface area contributed by atoms with Gasteiger partial charge in [0.1, 0.15) is 17.3 Å². The Morgan fingerprint density at radius 1 is 1.09 bits per heavy atom. The van der Waals surface area contributed by atoms with E-state index in [1.54, 1.807) is 7.11 Å². The normalized spacial score (nSPS) is 10.9. The van der Waals surface area contributed by atoms with Gasteiger partial charge in [0.25, 0.3) is 0 Å². The van der Waals surface area contributed by atoms with E-state index >= 15 is 0 Å². The quantitative estimate of drug-likeness (QED) is 0.681. The average Bonchev–Trinajstić information content (AvgIpc) is 2.96. The number of aryl methyl sites for hydroxylation is 1. The third-order valence-corrected chi connectivity index (χ3v) is 3.76. The molecule has 0 aliphatic rings. The van der Waals surface area contributed by atoms with Crippen LogP contribution in [0.5, 0.6) is 11.5 Å². The van der Waals surface area contributed by atoms with E-state index in [1.165, 1.54) is 0 Å². The molecule has 0 atom stereocenters. The molecule has 0 unspecified atom stereocenters. The first-order chi connectivity index (χ1) is 11.3. The molecule has 1 aromatic heterocycles. The highest BCUT2D eigenvalue weighted by Crippen LogP contribution is 2.22. The number of hydrogen-bond donors (Lipinski definition) is 1. The molecule has 1 heterocycles. The number of rotatable bonds is 7. The molecule has 5 heteroatoms. The molecule has 120 valence electrons. The van der Waals surface area contributed by atoms with Gasteiger partial charge in [0.15, 0.2) is 0 Å². The van der Waals surface area contributed by atoms with Crippen LogP contribution in [0, 0.1) is 0 Å². The van der Waals surface area contributed by atoms with Crippen molar-refractivity contribution in [3.8, 4) is 11.5 Å². The molecule has 0 fully saturated rings. The number of para-hydroxylation sites is 1. The zero-order valence-electron chi connectivity index (χ0n) is 13.2. The number of ether oxygens (including phenoxy) is 2. The van der Waals surface area contributed by atoms with Crippen molar-refractivity contribution in [3.05, 3.63) is 54.4 Å². The fourth-order valence-electron chi connectivity index (χ4n) is 2.62. The molecule has 0 aliphatic carbocycles. The van der Waals surface area contributed by atoms with Crippen molar-refractivity contribution in [2.75, 3.05) is 13.7 Å². The highest BCUT2D eigenvalue weighted by molar-refractivity contribution is 5.77. The molecule has 0 saturated heterocycles. The predicted octanol–water partition coefficient (Wildman–Crippen LogP) is 2.97. The number of benzene rings is 2. The minimum Gasteiger partial charge on any atom is -0.497 e. The van der Waals surface area contributed by atoms with Gasteiger partial charge < -0.3 is 19.8 Å². The van der Waals surface area contributed by atoms with E-state index in [1.807, 2.05) is 48.5 Å². The van der Waals surface area contributed by atoms with Gasteiger partial charge in [0, 0.05) is 12.6 Å². The van der Waals surface area contributed by atoms with E-state index in [4.69, 9.17) is 15.2 Å². The second-order valence-electron chi connectivity index (χ2n) is 5.25. The van der Waals surface area contributed by atoms with Crippen LogP contribution in [-0.2, 0) is 13.1 Å². The maximum absolute atomic E-state index is 5.83. The van der Waals surface area contributed by atoms with Gasteiger partial charge in [-0.2, -0.15) is 0 Å². The summed E-state index contributed by atoms with van der Waals surface area (Å²) in [5.41, 5.74) is 7.82. The first-order valence-electron chi connectivity index (χ1n) is 7.73. The summed E-state index contributed by atoms with van der Waals surface area (Å²) in [6.45, 7) is 1.89. The van der Waals surface area contributed by atoms with E-state index in [-0.39, 0.29) is 0 Å². The summed E-state index contributed by atoms with van der Waals surface area (Å²) >= 11 is 0. The van der Waals surface area contributed by atoms with Gasteiger partial charge in [0.2, 0.25) is 0 Å². The largest absolute Gasteiger partial charge is 0.497 e. The summed E-state index contributed by atoms with van der Waals surface area (Å²) in [6, 6.07) is 15.8. The predicted molar refractivity (Wildman–Crippen MR) is 90.7 cm³/mol. The standard InChI is InChI=1S/C18H21N3O2/c1-22-15-8-9-17-16(12-15)20-18(13-19)21(17)10-5-11-23-14-6-3-2-4-7-14/h2-4,6-9,12H,5,10-11,13,19H2,1H3. The molecule has 3 aromatic rings. The van der Waals surface area contributed by atoms with Gasteiger partial charge in [-0.15, -0.1) is 0 Å². The Kier molecular flexibility index (Phi) is 4.78. The summed E-state index contributed by atoms with van der Waals surface area (Å²) in [7, 11) is 1.66. The zero-order valence-corrected chi connectivity index (χ0v) is 13.2. The Labute approximate surface area is 135 Å². The van der Waals surface area contributed by atoms with E-state index in [2.05, 4.69) is 9.55 Å². The lowest BCUT2D eigenvalue weighted by molar-refractivity contribution is 0.302. The molecular weight excluding hydrogens is 290 g/mol. The fraction of sp³-hybridized carbons (Fsp3) is 0.278. The maximum atomic E-state index is 5.83. The Bertz CT molecular complexity index is 769. The monoisotopic (exact) mass is 311 g/mol. The van der Waals surface area contributed by atoms with Gasteiger partial charge in [-0.05, 0) is 30.7 Å². The third-order valence-electron chi connectivity index (χ3n) is 3.76. The minimum atomic E-state index is 0.413. The van der Waals surface area contributed by atoms with Crippen LogP contribution in [0.2, 0.25) is 0 Å². The fourth-order valence-corrected chi connectivity index (χ4v) is 2.62. The van der Waals surface area contributed by atoms with E-state index < -0.39 is 0 Å². The highest BCUT2D eigenvalue weighted by Gasteiger charge is 2.10. The van der Waals surface area contributed by atoms with Crippen molar-refractivity contribution in [1.29, 1.82) is 0 Å². The molecule has 0 amide bonds. The maximum Gasteiger partial charge on any atom is 0.123 e. The van der Waals surface area contributed by atoms with Gasteiger partial charge in [0.05, 0.1) is 31.3 Å².